The average molecular weight is 457 g/mol. The highest BCUT2D eigenvalue weighted by molar-refractivity contribution is 7.70. The number of halogens is 4. The standard InChI is InChI=1S/C20H17Cl2F2N2O2P/c1-29(2,27)12-3-4-13(17(24)8-12)11-7-18(20(25)26-9-11)28-10-14-15(21)5-6-16(23)19(14)22/h3-9H,10H2,1-2H3,(H2,25,26). The summed E-state index contributed by atoms with van der Waals surface area (Å²) in [6.45, 7) is 2.99. The van der Waals surface area contributed by atoms with Gasteiger partial charge in [0.1, 0.15) is 25.4 Å². The Kier molecular flexibility index (Phi) is 6.18. The Hall–Kier alpha value is -2.14. The van der Waals surface area contributed by atoms with Gasteiger partial charge in [-0.05, 0) is 37.6 Å². The summed E-state index contributed by atoms with van der Waals surface area (Å²) in [5, 5.41) is 0.531. The first-order chi connectivity index (χ1) is 13.6. The minimum atomic E-state index is -2.59. The van der Waals surface area contributed by atoms with Gasteiger partial charge in [0.05, 0.1) is 5.02 Å². The van der Waals surface area contributed by atoms with Crippen LogP contribution in [-0.4, -0.2) is 18.3 Å². The number of aromatic nitrogens is 1. The zero-order chi connectivity index (χ0) is 21.3. The van der Waals surface area contributed by atoms with Crippen molar-refractivity contribution < 1.29 is 18.1 Å². The topological polar surface area (TPSA) is 65.2 Å². The molecule has 9 heteroatoms. The Labute approximate surface area is 177 Å². The molecule has 0 saturated heterocycles. The Balaban J connectivity index is 1.92. The SMILES string of the molecule is CP(C)(=O)c1ccc(-c2cnc(N)c(OCc3c(Cl)ccc(F)c3Cl)c2)c(F)c1. The largest absolute Gasteiger partial charge is 0.485 e. The van der Waals surface area contributed by atoms with E-state index in [1.165, 1.54) is 30.5 Å². The first kappa shape index (κ1) is 21.6. The predicted molar refractivity (Wildman–Crippen MR) is 114 cm³/mol. The molecule has 0 saturated carbocycles. The van der Waals surface area contributed by atoms with Gasteiger partial charge in [0.15, 0.2) is 11.6 Å². The van der Waals surface area contributed by atoms with Crippen molar-refractivity contribution >= 4 is 41.5 Å². The lowest BCUT2D eigenvalue weighted by Gasteiger charge is -2.13. The van der Waals surface area contributed by atoms with Gasteiger partial charge >= 0.3 is 0 Å². The summed E-state index contributed by atoms with van der Waals surface area (Å²) in [6, 6.07) is 8.43. The Morgan fingerprint density at radius 2 is 1.83 bits per heavy atom. The molecule has 3 aromatic rings. The number of benzene rings is 2. The highest BCUT2D eigenvalue weighted by Gasteiger charge is 2.17. The molecular formula is C20H17Cl2F2N2O2P. The van der Waals surface area contributed by atoms with Crippen molar-refractivity contribution in [2.75, 3.05) is 19.1 Å². The van der Waals surface area contributed by atoms with Crippen molar-refractivity contribution in [2.24, 2.45) is 0 Å². The molecular weight excluding hydrogens is 440 g/mol. The maximum absolute atomic E-state index is 14.6. The molecule has 1 heterocycles. The van der Waals surface area contributed by atoms with Gasteiger partial charge in [0, 0.05) is 33.2 Å². The highest BCUT2D eigenvalue weighted by atomic mass is 35.5. The molecule has 3 rings (SSSR count). The summed E-state index contributed by atoms with van der Waals surface area (Å²) in [6.07, 6.45) is 1.40. The summed E-state index contributed by atoms with van der Waals surface area (Å²) in [5.41, 5.74) is 6.77. The van der Waals surface area contributed by atoms with Crippen LogP contribution in [0.2, 0.25) is 10.0 Å². The molecule has 0 bridgehead atoms. The van der Waals surface area contributed by atoms with E-state index in [9.17, 15) is 13.3 Å². The number of anilines is 1. The zero-order valence-corrected chi connectivity index (χ0v) is 18.0. The lowest BCUT2D eigenvalue weighted by molar-refractivity contribution is 0.306. The Morgan fingerprint density at radius 3 is 2.48 bits per heavy atom. The van der Waals surface area contributed by atoms with Gasteiger partial charge in [-0.15, -0.1) is 0 Å². The van der Waals surface area contributed by atoms with E-state index in [4.69, 9.17) is 33.7 Å². The number of nitrogens with two attached hydrogens (primary N) is 1. The van der Waals surface area contributed by atoms with Crippen molar-refractivity contribution in [2.45, 2.75) is 6.61 Å². The molecule has 0 amide bonds. The molecule has 29 heavy (non-hydrogen) atoms. The minimum absolute atomic E-state index is 0.0704. The van der Waals surface area contributed by atoms with Gasteiger partial charge in [0.2, 0.25) is 0 Å². The van der Waals surface area contributed by atoms with E-state index in [-0.39, 0.29) is 39.3 Å². The smallest absolute Gasteiger partial charge is 0.166 e. The average Bonchev–Trinajstić information content (AvgIpc) is 2.65. The first-order valence-electron chi connectivity index (χ1n) is 8.44. The fourth-order valence-electron chi connectivity index (χ4n) is 2.64. The lowest BCUT2D eigenvalue weighted by atomic mass is 10.1. The molecule has 0 radical (unpaired) electrons. The van der Waals surface area contributed by atoms with Crippen LogP contribution in [0.4, 0.5) is 14.6 Å². The van der Waals surface area contributed by atoms with Crippen LogP contribution >= 0.6 is 30.3 Å². The van der Waals surface area contributed by atoms with Crippen molar-refractivity contribution in [3.63, 3.8) is 0 Å². The molecule has 152 valence electrons. The van der Waals surface area contributed by atoms with Crippen LogP contribution < -0.4 is 15.8 Å². The molecule has 0 aliphatic heterocycles. The van der Waals surface area contributed by atoms with Crippen molar-refractivity contribution in [3.8, 4) is 16.9 Å². The molecule has 0 fully saturated rings. The minimum Gasteiger partial charge on any atom is -0.485 e. The number of nitrogen functional groups attached to an aromatic ring is 1. The van der Waals surface area contributed by atoms with Crippen LogP contribution in [0, 0.1) is 11.6 Å². The van der Waals surface area contributed by atoms with Crippen LogP contribution in [0.5, 0.6) is 5.75 Å². The van der Waals surface area contributed by atoms with Crippen LogP contribution in [0.1, 0.15) is 5.56 Å². The van der Waals surface area contributed by atoms with Crippen LogP contribution in [0.3, 0.4) is 0 Å². The van der Waals surface area contributed by atoms with Gasteiger partial charge in [-0.3, -0.25) is 0 Å². The van der Waals surface area contributed by atoms with Crippen molar-refractivity contribution in [1.29, 1.82) is 0 Å². The van der Waals surface area contributed by atoms with Gasteiger partial charge < -0.3 is 15.0 Å². The summed E-state index contributed by atoms with van der Waals surface area (Å²) >= 11 is 12.0. The van der Waals surface area contributed by atoms with E-state index in [0.29, 0.717) is 10.9 Å². The number of hydrogen-bond donors (Lipinski definition) is 1. The molecule has 2 N–H and O–H groups in total. The highest BCUT2D eigenvalue weighted by Crippen LogP contribution is 2.37. The number of rotatable bonds is 5. The fourth-order valence-corrected chi connectivity index (χ4v) is 3.98. The monoisotopic (exact) mass is 456 g/mol. The molecule has 0 aliphatic carbocycles. The van der Waals surface area contributed by atoms with E-state index >= 15 is 0 Å². The van der Waals surface area contributed by atoms with E-state index in [0.717, 1.165) is 6.07 Å². The molecule has 0 aliphatic rings. The lowest BCUT2D eigenvalue weighted by Crippen LogP contribution is -2.05. The molecule has 0 atom stereocenters. The molecule has 1 aromatic heterocycles. The van der Waals surface area contributed by atoms with Crippen LogP contribution in [0.15, 0.2) is 42.6 Å². The molecule has 4 nitrogen and oxygen atoms in total. The fraction of sp³-hybridized carbons (Fsp3) is 0.150. The van der Waals surface area contributed by atoms with Crippen molar-refractivity contribution in [3.05, 3.63) is 69.8 Å². The van der Waals surface area contributed by atoms with Crippen LogP contribution in [-0.2, 0) is 11.2 Å². The second kappa shape index (κ2) is 8.31. The summed E-state index contributed by atoms with van der Waals surface area (Å²) in [5.74, 6) is -0.930. The quantitative estimate of drug-likeness (QED) is 0.392. The molecule has 0 unspecified atom stereocenters. The Morgan fingerprint density at radius 1 is 1.10 bits per heavy atom. The first-order valence-corrected chi connectivity index (χ1v) is 11.8. The number of ether oxygens (including phenoxy) is 1. The van der Waals surface area contributed by atoms with Gasteiger partial charge in [-0.25, -0.2) is 13.8 Å². The number of hydrogen-bond acceptors (Lipinski definition) is 4. The van der Waals surface area contributed by atoms with E-state index in [1.807, 2.05) is 0 Å². The summed E-state index contributed by atoms with van der Waals surface area (Å²) in [4.78, 5) is 4.03. The van der Waals surface area contributed by atoms with E-state index < -0.39 is 18.8 Å². The summed E-state index contributed by atoms with van der Waals surface area (Å²) < 4.78 is 46.0. The normalized spacial score (nSPS) is 11.5. The second-order valence-corrected chi connectivity index (χ2v) is 10.7. The van der Waals surface area contributed by atoms with E-state index in [1.54, 1.807) is 19.4 Å². The zero-order valence-electron chi connectivity index (χ0n) is 15.5. The van der Waals surface area contributed by atoms with E-state index in [2.05, 4.69) is 4.98 Å². The summed E-state index contributed by atoms with van der Waals surface area (Å²) in [7, 11) is -2.59. The van der Waals surface area contributed by atoms with Crippen LogP contribution in [0.25, 0.3) is 11.1 Å². The maximum atomic E-state index is 14.6. The Bertz CT molecular complexity index is 1140. The number of pyridine rings is 1. The third-order valence-corrected chi connectivity index (χ3v) is 6.56. The maximum Gasteiger partial charge on any atom is 0.166 e. The van der Waals surface area contributed by atoms with Gasteiger partial charge in [-0.2, -0.15) is 0 Å². The van der Waals surface area contributed by atoms with Crippen molar-refractivity contribution in [1.82, 2.24) is 4.98 Å². The molecule has 0 spiro atoms. The second-order valence-electron chi connectivity index (χ2n) is 6.73. The number of nitrogens with zero attached hydrogens (tertiary/aromatic N) is 1. The third kappa shape index (κ3) is 4.72. The van der Waals surface area contributed by atoms with Gasteiger partial charge in [0.25, 0.3) is 0 Å². The predicted octanol–water partition coefficient (Wildman–Crippen LogP) is 5.74. The molecule has 2 aromatic carbocycles. The van der Waals surface area contributed by atoms with Gasteiger partial charge in [-0.1, -0.05) is 35.3 Å². The third-order valence-electron chi connectivity index (χ3n) is 4.28.